The van der Waals surface area contributed by atoms with Crippen LogP contribution in [-0.2, 0) is 10.0 Å². The third-order valence-corrected chi connectivity index (χ3v) is 5.53. The van der Waals surface area contributed by atoms with Gasteiger partial charge in [0.1, 0.15) is 0 Å². The number of nitrogens with one attached hydrogen (secondary N) is 1. The standard InChI is InChI=1S/C11H16N4O4S/c1-14(9-3-2-4-9)20(18,19)11-6-5-8(13-12)7-10(11)15(16)17/h5-7,9,13H,2-4,12H2,1H3. The van der Waals surface area contributed by atoms with Crippen molar-refractivity contribution < 1.29 is 13.3 Å². The Kier molecular flexibility index (Phi) is 3.93. The topological polar surface area (TPSA) is 119 Å². The van der Waals surface area contributed by atoms with E-state index in [0.717, 1.165) is 25.3 Å². The molecule has 0 heterocycles. The first kappa shape index (κ1) is 14.7. The molecular weight excluding hydrogens is 284 g/mol. The van der Waals surface area contributed by atoms with Crippen LogP contribution < -0.4 is 11.3 Å². The van der Waals surface area contributed by atoms with Crippen molar-refractivity contribution in [3.8, 4) is 0 Å². The molecule has 1 fully saturated rings. The van der Waals surface area contributed by atoms with Crippen LogP contribution in [0.25, 0.3) is 0 Å². The number of hydrogen-bond donors (Lipinski definition) is 2. The summed E-state index contributed by atoms with van der Waals surface area (Å²) in [6.07, 6.45) is 2.54. The van der Waals surface area contributed by atoms with E-state index >= 15 is 0 Å². The molecule has 1 saturated carbocycles. The maximum atomic E-state index is 12.5. The summed E-state index contributed by atoms with van der Waals surface area (Å²) in [6.45, 7) is 0. The van der Waals surface area contributed by atoms with Gasteiger partial charge >= 0.3 is 0 Å². The highest BCUT2D eigenvalue weighted by molar-refractivity contribution is 7.89. The Bertz CT molecular complexity index is 627. The largest absolute Gasteiger partial charge is 0.324 e. The Labute approximate surface area is 116 Å². The van der Waals surface area contributed by atoms with E-state index in [-0.39, 0.29) is 16.6 Å². The number of nitrogens with zero attached hydrogens (tertiary/aromatic N) is 2. The summed E-state index contributed by atoms with van der Waals surface area (Å²) >= 11 is 0. The Morgan fingerprint density at radius 3 is 2.55 bits per heavy atom. The van der Waals surface area contributed by atoms with Crippen molar-refractivity contribution in [1.82, 2.24) is 4.31 Å². The van der Waals surface area contributed by atoms with Crippen molar-refractivity contribution in [3.05, 3.63) is 28.3 Å². The number of hydrazine groups is 1. The molecule has 20 heavy (non-hydrogen) atoms. The molecule has 0 atom stereocenters. The molecular formula is C11H16N4O4S. The fourth-order valence-corrected chi connectivity index (χ4v) is 3.62. The van der Waals surface area contributed by atoms with Gasteiger partial charge in [-0.05, 0) is 25.0 Å². The van der Waals surface area contributed by atoms with Crippen molar-refractivity contribution in [2.75, 3.05) is 12.5 Å². The zero-order valence-corrected chi connectivity index (χ0v) is 11.8. The minimum Gasteiger partial charge on any atom is -0.324 e. The molecule has 1 aliphatic rings. The molecule has 0 saturated heterocycles. The van der Waals surface area contributed by atoms with Crippen LogP contribution in [0.1, 0.15) is 19.3 Å². The van der Waals surface area contributed by atoms with E-state index < -0.39 is 20.6 Å². The monoisotopic (exact) mass is 300 g/mol. The summed E-state index contributed by atoms with van der Waals surface area (Å²) in [5.74, 6) is 5.18. The molecule has 8 nitrogen and oxygen atoms in total. The number of nitrogen functional groups attached to an aromatic ring is 1. The van der Waals surface area contributed by atoms with Gasteiger partial charge in [-0.3, -0.25) is 16.0 Å². The second-order valence-electron chi connectivity index (χ2n) is 4.69. The highest BCUT2D eigenvalue weighted by atomic mass is 32.2. The van der Waals surface area contributed by atoms with Gasteiger partial charge in [0.2, 0.25) is 10.0 Å². The highest BCUT2D eigenvalue weighted by Gasteiger charge is 2.35. The van der Waals surface area contributed by atoms with Crippen molar-refractivity contribution in [2.45, 2.75) is 30.2 Å². The Balaban J connectivity index is 2.47. The van der Waals surface area contributed by atoms with Gasteiger partial charge in [-0.2, -0.15) is 4.31 Å². The molecule has 0 unspecified atom stereocenters. The second-order valence-corrected chi connectivity index (χ2v) is 6.66. The fraction of sp³-hybridized carbons (Fsp3) is 0.455. The first-order valence-electron chi connectivity index (χ1n) is 6.11. The van der Waals surface area contributed by atoms with Crippen LogP contribution >= 0.6 is 0 Å². The van der Waals surface area contributed by atoms with Gasteiger partial charge in [-0.15, -0.1) is 0 Å². The predicted octanol–water partition coefficient (Wildman–Crippen LogP) is 1.05. The number of nitrogens with two attached hydrogens (primary N) is 1. The third kappa shape index (κ3) is 2.47. The van der Waals surface area contributed by atoms with E-state index in [4.69, 9.17) is 5.84 Å². The summed E-state index contributed by atoms with van der Waals surface area (Å²) in [6, 6.07) is 3.64. The van der Waals surface area contributed by atoms with Gasteiger partial charge < -0.3 is 5.43 Å². The molecule has 1 aliphatic carbocycles. The Morgan fingerprint density at radius 2 is 2.10 bits per heavy atom. The zero-order valence-electron chi connectivity index (χ0n) is 10.9. The molecule has 0 amide bonds. The zero-order chi connectivity index (χ0) is 14.9. The maximum absolute atomic E-state index is 12.5. The van der Waals surface area contributed by atoms with Crippen LogP contribution in [0.5, 0.6) is 0 Å². The molecule has 9 heteroatoms. The molecule has 1 aromatic rings. The van der Waals surface area contributed by atoms with Crippen LogP contribution in [0.2, 0.25) is 0 Å². The third-order valence-electron chi connectivity index (χ3n) is 3.57. The number of rotatable bonds is 5. The lowest BCUT2D eigenvalue weighted by Gasteiger charge is -2.33. The average molecular weight is 300 g/mol. The van der Waals surface area contributed by atoms with Crippen LogP contribution in [0.4, 0.5) is 11.4 Å². The Morgan fingerprint density at radius 1 is 1.45 bits per heavy atom. The summed E-state index contributed by atoms with van der Waals surface area (Å²) in [4.78, 5) is 10.0. The number of hydrogen-bond acceptors (Lipinski definition) is 6. The minimum absolute atomic E-state index is 0.0769. The normalized spacial score (nSPS) is 15.9. The summed E-state index contributed by atoms with van der Waals surface area (Å²) in [5.41, 5.74) is 2.06. The molecule has 0 aliphatic heterocycles. The second kappa shape index (κ2) is 5.35. The smallest absolute Gasteiger partial charge is 0.291 e. The number of nitro benzene ring substituents is 1. The first-order valence-corrected chi connectivity index (χ1v) is 7.55. The number of nitro groups is 1. The van der Waals surface area contributed by atoms with Crippen molar-refractivity contribution in [3.63, 3.8) is 0 Å². The maximum Gasteiger partial charge on any atom is 0.291 e. The molecule has 2 rings (SSSR count). The highest BCUT2D eigenvalue weighted by Crippen LogP contribution is 2.33. The fourth-order valence-electron chi connectivity index (χ4n) is 2.07. The van der Waals surface area contributed by atoms with E-state index in [0.29, 0.717) is 0 Å². The molecule has 0 aromatic heterocycles. The van der Waals surface area contributed by atoms with E-state index in [2.05, 4.69) is 5.43 Å². The van der Waals surface area contributed by atoms with E-state index in [1.165, 1.54) is 23.5 Å². The van der Waals surface area contributed by atoms with Gasteiger partial charge in [-0.25, -0.2) is 8.42 Å². The lowest BCUT2D eigenvalue weighted by atomic mass is 9.94. The average Bonchev–Trinajstić information content (AvgIpc) is 2.35. The number of anilines is 1. The molecule has 1 aromatic carbocycles. The van der Waals surface area contributed by atoms with Crippen LogP contribution in [-0.4, -0.2) is 30.7 Å². The predicted molar refractivity (Wildman–Crippen MR) is 73.5 cm³/mol. The van der Waals surface area contributed by atoms with Crippen molar-refractivity contribution in [1.29, 1.82) is 0 Å². The van der Waals surface area contributed by atoms with Gasteiger partial charge in [0, 0.05) is 19.2 Å². The molecule has 0 bridgehead atoms. The van der Waals surface area contributed by atoms with Gasteiger partial charge in [0.05, 0.1) is 10.6 Å². The van der Waals surface area contributed by atoms with E-state index in [1.54, 1.807) is 0 Å². The molecule has 0 spiro atoms. The van der Waals surface area contributed by atoms with E-state index in [1.807, 2.05) is 0 Å². The lowest BCUT2D eigenvalue weighted by Crippen LogP contribution is -2.41. The summed E-state index contributed by atoms with van der Waals surface area (Å²) in [7, 11) is -2.42. The minimum atomic E-state index is -3.88. The quantitative estimate of drug-likeness (QED) is 0.476. The molecule has 3 N–H and O–H groups in total. The summed E-state index contributed by atoms with van der Waals surface area (Å²) in [5, 5.41) is 11.1. The lowest BCUT2D eigenvalue weighted by molar-refractivity contribution is -0.387. The first-order chi connectivity index (χ1) is 9.37. The number of benzene rings is 1. The van der Waals surface area contributed by atoms with Gasteiger partial charge in [0.25, 0.3) is 5.69 Å². The van der Waals surface area contributed by atoms with Crippen molar-refractivity contribution >= 4 is 21.4 Å². The molecule has 0 radical (unpaired) electrons. The van der Waals surface area contributed by atoms with E-state index in [9.17, 15) is 18.5 Å². The van der Waals surface area contributed by atoms with Crippen LogP contribution in [0.15, 0.2) is 23.1 Å². The molecule has 110 valence electrons. The van der Waals surface area contributed by atoms with Crippen molar-refractivity contribution in [2.24, 2.45) is 5.84 Å². The SMILES string of the molecule is CN(C1CCC1)S(=O)(=O)c1ccc(NN)cc1[N+](=O)[O-]. The van der Waals surface area contributed by atoms with Gasteiger partial charge in [-0.1, -0.05) is 6.42 Å². The van der Waals surface area contributed by atoms with Gasteiger partial charge in [0.15, 0.2) is 4.90 Å². The van der Waals surface area contributed by atoms with Crippen LogP contribution in [0.3, 0.4) is 0 Å². The Hall–Kier alpha value is -1.71. The summed E-state index contributed by atoms with van der Waals surface area (Å²) < 4.78 is 26.1. The van der Waals surface area contributed by atoms with Crippen LogP contribution in [0, 0.1) is 10.1 Å². The number of sulfonamides is 1.